The lowest BCUT2D eigenvalue weighted by Crippen LogP contribution is -2.37. The molecule has 5 nitrogen and oxygen atoms in total. The fraction of sp³-hybridized carbons (Fsp3) is 0.105. The average molecular weight is 384 g/mol. The number of thiazole rings is 1. The van der Waals surface area contributed by atoms with Crippen LogP contribution in [0.4, 0.5) is 0 Å². The third-order valence-corrected chi connectivity index (χ3v) is 4.90. The van der Waals surface area contributed by atoms with E-state index in [4.69, 9.17) is 11.6 Å². The molecular weight excluding hydrogens is 370 g/mol. The third-order valence-electron chi connectivity index (χ3n) is 3.70. The van der Waals surface area contributed by atoms with Gasteiger partial charge in [0.25, 0.3) is 5.56 Å². The minimum absolute atomic E-state index is 0.238. The van der Waals surface area contributed by atoms with Gasteiger partial charge in [0.05, 0.1) is 16.2 Å². The van der Waals surface area contributed by atoms with Crippen LogP contribution in [0.15, 0.2) is 57.6 Å². The molecular formula is C19H14ClN3O2S. The summed E-state index contributed by atoms with van der Waals surface area (Å²) in [5.41, 5.74) is 2.65. The van der Waals surface area contributed by atoms with E-state index in [1.807, 2.05) is 6.92 Å². The summed E-state index contributed by atoms with van der Waals surface area (Å²) >= 11 is 7.58. The number of aromatic nitrogens is 3. The van der Waals surface area contributed by atoms with Gasteiger partial charge in [0.1, 0.15) is 4.83 Å². The van der Waals surface area contributed by atoms with E-state index in [9.17, 15) is 9.59 Å². The van der Waals surface area contributed by atoms with Crippen LogP contribution in [0.1, 0.15) is 12.5 Å². The number of hydrogen-bond donors (Lipinski definition) is 0. The average Bonchev–Trinajstić information content (AvgIpc) is 3.10. The first kappa shape index (κ1) is 17.9. The van der Waals surface area contributed by atoms with Crippen molar-refractivity contribution in [3.05, 3.63) is 79.4 Å². The minimum atomic E-state index is -0.491. The largest absolute Gasteiger partial charge is 0.336 e. The lowest BCUT2D eigenvalue weighted by molar-refractivity contribution is 0.776. The molecule has 0 radical (unpaired) electrons. The maximum absolute atomic E-state index is 12.7. The number of allylic oxidation sites excluding steroid dienone is 3. The van der Waals surface area contributed by atoms with Crippen molar-refractivity contribution in [2.45, 2.75) is 6.92 Å². The molecule has 0 aliphatic rings. The Morgan fingerprint density at radius 2 is 2.15 bits per heavy atom. The number of halogens is 1. The Morgan fingerprint density at radius 1 is 1.38 bits per heavy atom. The van der Waals surface area contributed by atoms with Crippen molar-refractivity contribution in [1.82, 2.24) is 14.1 Å². The summed E-state index contributed by atoms with van der Waals surface area (Å²) < 4.78 is 2.42. The van der Waals surface area contributed by atoms with Gasteiger partial charge in [-0.2, -0.15) is 0 Å². The summed E-state index contributed by atoms with van der Waals surface area (Å²) in [7, 11) is 1.60. The lowest BCUT2D eigenvalue weighted by atomic mass is 10.2. The van der Waals surface area contributed by atoms with Crippen molar-refractivity contribution < 1.29 is 0 Å². The predicted molar refractivity (Wildman–Crippen MR) is 106 cm³/mol. The first-order valence-corrected chi connectivity index (χ1v) is 8.86. The molecule has 0 spiro atoms. The van der Waals surface area contributed by atoms with E-state index in [0.717, 1.165) is 10.1 Å². The second-order valence-electron chi connectivity index (χ2n) is 5.49. The molecule has 0 atom stereocenters. The van der Waals surface area contributed by atoms with Gasteiger partial charge in [0, 0.05) is 12.6 Å². The molecule has 7 heteroatoms. The van der Waals surface area contributed by atoms with Crippen molar-refractivity contribution in [1.29, 1.82) is 0 Å². The molecule has 0 fully saturated rings. The number of hydrogen-bond acceptors (Lipinski definition) is 4. The minimum Gasteiger partial charge on any atom is -0.286 e. The van der Waals surface area contributed by atoms with E-state index in [2.05, 4.69) is 23.4 Å². The monoisotopic (exact) mass is 383 g/mol. The summed E-state index contributed by atoms with van der Waals surface area (Å²) in [5.74, 6) is 5.96. The van der Waals surface area contributed by atoms with Crippen LogP contribution >= 0.6 is 22.9 Å². The van der Waals surface area contributed by atoms with Gasteiger partial charge in [0.2, 0.25) is 0 Å². The smallest absolute Gasteiger partial charge is 0.286 e. The zero-order chi connectivity index (χ0) is 18.8. The molecule has 0 saturated heterocycles. The molecule has 0 bridgehead atoms. The van der Waals surface area contributed by atoms with E-state index in [1.165, 1.54) is 21.4 Å². The predicted octanol–water partition coefficient (Wildman–Crippen LogP) is 3.28. The summed E-state index contributed by atoms with van der Waals surface area (Å²) in [6.07, 6.45) is 3.46. The maximum Gasteiger partial charge on any atom is 0.336 e. The molecule has 0 aliphatic heterocycles. The van der Waals surface area contributed by atoms with Crippen LogP contribution in [0.2, 0.25) is 5.02 Å². The molecule has 0 amide bonds. The number of benzene rings is 1. The van der Waals surface area contributed by atoms with Crippen molar-refractivity contribution in [2.75, 3.05) is 0 Å². The zero-order valence-corrected chi connectivity index (χ0v) is 15.7. The summed E-state index contributed by atoms with van der Waals surface area (Å²) in [6.45, 7) is 5.49. The van der Waals surface area contributed by atoms with Crippen molar-refractivity contribution in [3.63, 3.8) is 0 Å². The van der Waals surface area contributed by atoms with Crippen LogP contribution in [-0.2, 0) is 7.05 Å². The van der Waals surface area contributed by atoms with Gasteiger partial charge in [-0.3, -0.25) is 9.36 Å². The van der Waals surface area contributed by atoms with E-state index in [-0.39, 0.29) is 10.5 Å². The molecule has 0 saturated carbocycles. The normalized spacial score (nSPS) is 11.3. The zero-order valence-electron chi connectivity index (χ0n) is 14.1. The third kappa shape index (κ3) is 3.15. The van der Waals surface area contributed by atoms with E-state index in [1.54, 1.807) is 37.4 Å². The molecule has 26 heavy (non-hydrogen) atoms. The molecule has 0 unspecified atom stereocenters. The molecule has 130 valence electrons. The van der Waals surface area contributed by atoms with Gasteiger partial charge in [0.15, 0.2) is 5.52 Å². The molecule has 0 aliphatic carbocycles. The van der Waals surface area contributed by atoms with Crippen LogP contribution in [0.25, 0.3) is 16.0 Å². The molecule has 3 rings (SSSR count). The number of rotatable bonds is 2. The number of fused-ring (bicyclic) bond motifs is 1. The van der Waals surface area contributed by atoms with E-state index >= 15 is 0 Å². The highest BCUT2D eigenvalue weighted by Gasteiger charge is 2.16. The second kappa shape index (κ2) is 7.16. The Kier molecular flexibility index (Phi) is 4.94. The maximum atomic E-state index is 12.7. The summed E-state index contributed by atoms with van der Waals surface area (Å²) in [4.78, 5) is 29.9. The van der Waals surface area contributed by atoms with Crippen molar-refractivity contribution >= 4 is 33.3 Å². The Hall–Kier alpha value is -2.88. The van der Waals surface area contributed by atoms with Crippen molar-refractivity contribution in [3.8, 4) is 17.5 Å². The molecule has 0 N–H and O–H groups in total. The highest BCUT2D eigenvalue weighted by atomic mass is 35.5. The van der Waals surface area contributed by atoms with Gasteiger partial charge in [-0.25, -0.2) is 14.3 Å². The number of aryl methyl sites for hydroxylation is 1. The Balaban J connectivity index is 2.16. The molecule has 2 heterocycles. The highest BCUT2D eigenvalue weighted by Crippen LogP contribution is 2.21. The molecule has 2 aromatic heterocycles. The molecule has 1 aromatic carbocycles. The van der Waals surface area contributed by atoms with Gasteiger partial charge in [-0.1, -0.05) is 42.2 Å². The summed E-state index contributed by atoms with van der Waals surface area (Å²) in [5, 5.41) is 0.260. The van der Waals surface area contributed by atoms with Crippen LogP contribution in [-0.4, -0.2) is 14.1 Å². The van der Waals surface area contributed by atoms with Crippen LogP contribution in [0.3, 0.4) is 0 Å². The summed E-state index contributed by atoms with van der Waals surface area (Å²) in [6, 6.07) is 4.95. The first-order valence-electron chi connectivity index (χ1n) is 7.60. The van der Waals surface area contributed by atoms with Gasteiger partial charge in [-0.05, 0) is 30.7 Å². The lowest BCUT2D eigenvalue weighted by Gasteiger charge is -2.09. The van der Waals surface area contributed by atoms with Gasteiger partial charge >= 0.3 is 5.69 Å². The van der Waals surface area contributed by atoms with Crippen LogP contribution in [0, 0.1) is 11.8 Å². The fourth-order valence-corrected chi connectivity index (χ4v) is 3.43. The molecule has 3 aromatic rings. The SMILES string of the molecule is C=C/C=C(\C)C#Cc1ccc(-n2c(=O)c3ncsc3n(C)c2=O)c(Cl)c1. The van der Waals surface area contributed by atoms with Crippen LogP contribution in [0.5, 0.6) is 0 Å². The Morgan fingerprint density at radius 3 is 2.85 bits per heavy atom. The van der Waals surface area contributed by atoms with Crippen LogP contribution < -0.4 is 11.2 Å². The van der Waals surface area contributed by atoms with Gasteiger partial charge in [-0.15, -0.1) is 11.3 Å². The number of nitrogens with zero attached hydrogens (tertiary/aromatic N) is 3. The topological polar surface area (TPSA) is 56.9 Å². The van der Waals surface area contributed by atoms with E-state index in [0.29, 0.717) is 16.1 Å². The van der Waals surface area contributed by atoms with Gasteiger partial charge < -0.3 is 0 Å². The quantitative estimate of drug-likeness (QED) is 0.504. The Bertz CT molecular complexity index is 1240. The van der Waals surface area contributed by atoms with Crippen molar-refractivity contribution in [2.24, 2.45) is 7.05 Å². The van der Waals surface area contributed by atoms with E-state index < -0.39 is 11.2 Å². The fourth-order valence-electron chi connectivity index (χ4n) is 2.42. The highest BCUT2D eigenvalue weighted by molar-refractivity contribution is 7.16. The Labute approximate surface area is 158 Å². The second-order valence-corrected chi connectivity index (χ2v) is 6.73. The first-order chi connectivity index (χ1) is 12.4. The standard InChI is InChI=1S/C19H14ClN3O2S/c1-4-5-12(2)6-7-13-8-9-15(14(20)10-13)23-17(24)16-18(26-11-21-16)22(3)19(23)25/h4-5,8-11H,1H2,2-3H3/b12-5+.